The summed E-state index contributed by atoms with van der Waals surface area (Å²) in [6.07, 6.45) is 0. The van der Waals surface area contributed by atoms with Crippen LogP contribution in [-0.2, 0) is 16.0 Å². The van der Waals surface area contributed by atoms with Crippen molar-refractivity contribution in [1.29, 1.82) is 0 Å². The third-order valence-electron chi connectivity index (χ3n) is 2.91. The van der Waals surface area contributed by atoms with E-state index in [0.717, 1.165) is 5.01 Å². The summed E-state index contributed by atoms with van der Waals surface area (Å²) >= 11 is 2.76. The Hall–Kier alpha value is -1.40. The lowest BCUT2D eigenvalue weighted by Gasteiger charge is -2.15. The largest absolute Gasteiger partial charge is 0.481 e. The summed E-state index contributed by atoms with van der Waals surface area (Å²) in [5, 5.41) is 11.7. The number of thioether (sulfide) groups is 1. The summed E-state index contributed by atoms with van der Waals surface area (Å²) in [4.78, 5) is 16.1. The van der Waals surface area contributed by atoms with Crippen molar-refractivity contribution in [3.63, 3.8) is 0 Å². The van der Waals surface area contributed by atoms with Crippen LogP contribution in [0, 0.1) is 5.82 Å². The Balaban J connectivity index is 2.08. The first-order valence-corrected chi connectivity index (χ1v) is 7.83. The van der Waals surface area contributed by atoms with Gasteiger partial charge in [-0.2, -0.15) is 0 Å². The Morgan fingerprint density at radius 1 is 1.45 bits per heavy atom. The number of nitrogens with zero attached hydrogens (tertiary/aromatic N) is 1. The quantitative estimate of drug-likeness (QED) is 0.850. The fraction of sp³-hybridized carbons (Fsp3) is 0.286. The average molecular weight is 311 g/mol. The summed E-state index contributed by atoms with van der Waals surface area (Å²) in [6.45, 7) is 3.25. The van der Waals surface area contributed by atoms with E-state index in [9.17, 15) is 9.18 Å². The van der Waals surface area contributed by atoms with Gasteiger partial charge in [0.05, 0.1) is 11.4 Å². The van der Waals surface area contributed by atoms with Crippen LogP contribution in [0.25, 0.3) is 0 Å². The van der Waals surface area contributed by atoms with Crippen LogP contribution in [0.5, 0.6) is 0 Å². The van der Waals surface area contributed by atoms with Crippen LogP contribution in [0.3, 0.4) is 0 Å². The van der Waals surface area contributed by atoms with E-state index in [4.69, 9.17) is 5.11 Å². The molecule has 0 saturated carbocycles. The van der Waals surface area contributed by atoms with Crippen molar-refractivity contribution in [2.75, 3.05) is 0 Å². The summed E-state index contributed by atoms with van der Waals surface area (Å²) in [7, 11) is 0. The number of halogens is 1. The fourth-order valence-corrected chi connectivity index (χ4v) is 3.39. The maximum Gasteiger partial charge on any atom is 0.315 e. The highest BCUT2D eigenvalue weighted by Gasteiger charge is 2.32. The number of hydrogen-bond acceptors (Lipinski definition) is 4. The summed E-state index contributed by atoms with van der Waals surface area (Å²) in [5.74, 6) is -0.627. The molecule has 0 aliphatic heterocycles. The first-order valence-electron chi connectivity index (χ1n) is 5.97. The van der Waals surface area contributed by atoms with Gasteiger partial charge in [0.1, 0.15) is 16.2 Å². The molecule has 0 saturated heterocycles. The number of rotatable bonds is 5. The smallest absolute Gasteiger partial charge is 0.315 e. The van der Waals surface area contributed by atoms with Crippen LogP contribution >= 0.6 is 23.1 Å². The van der Waals surface area contributed by atoms with E-state index in [1.54, 1.807) is 37.4 Å². The van der Waals surface area contributed by atoms with Crippen molar-refractivity contribution in [2.24, 2.45) is 0 Å². The van der Waals surface area contributed by atoms with Gasteiger partial charge in [-0.05, 0) is 26.0 Å². The molecule has 0 aliphatic carbocycles. The zero-order valence-electron chi connectivity index (χ0n) is 11.1. The Morgan fingerprint density at radius 3 is 2.80 bits per heavy atom. The van der Waals surface area contributed by atoms with E-state index in [2.05, 4.69) is 4.98 Å². The number of carbonyl (C=O) groups is 1. The molecule has 2 aromatic rings. The number of carboxylic acid groups (broad SMARTS) is 1. The SMILES string of the molecule is CC(C)(C(=O)O)c1csc(CSc2ccccc2F)n1. The highest BCUT2D eigenvalue weighted by molar-refractivity contribution is 7.98. The van der Waals surface area contributed by atoms with Crippen LogP contribution in [0.15, 0.2) is 34.5 Å². The second-order valence-corrected chi connectivity index (χ2v) is 6.74. The molecule has 2 rings (SSSR count). The molecule has 0 amide bonds. The highest BCUT2D eigenvalue weighted by atomic mass is 32.2. The van der Waals surface area contributed by atoms with Crippen molar-refractivity contribution in [1.82, 2.24) is 4.98 Å². The first kappa shape index (κ1) is 15.0. The van der Waals surface area contributed by atoms with Crippen LogP contribution in [0.4, 0.5) is 4.39 Å². The zero-order valence-corrected chi connectivity index (χ0v) is 12.7. The molecule has 1 N–H and O–H groups in total. The molecule has 0 aliphatic rings. The van der Waals surface area contributed by atoms with Gasteiger partial charge in [-0.3, -0.25) is 4.79 Å². The molecule has 0 atom stereocenters. The molecule has 106 valence electrons. The minimum atomic E-state index is -1.00. The molecule has 20 heavy (non-hydrogen) atoms. The highest BCUT2D eigenvalue weighted by Crippen LogP contribution is 2.30. The van der Waals surface area contributed by atoms with Crippen LogP contribution in [0.1, 0.15) is 24.5 Å². The molecule has 0 bridgehead atoms. The van der Waals surface area contributed by atoms with Crippen molar-refractivity contribution < 1.29 is 14.3 Å². The first-order chi connectivity index (χ1) is 9.41. The molecule has 1 heterocycles. The second kappa shape index (κ2) is 5.93. The van der Waals surface area contributed by atoms with Crippen molar-refractivity contribution in [3.8, 4) is 0 Å². The number of carboxylic acids is 1. The molecule has 6 heteroatoms. The third kappa shape index (κ3) is 3.19. The second-order valence-electron chi connectivity index (χ2n) is 4.78. The number of aromatic nitrogens is 1. The lowest BCUT2D eigenvalue weighted by Crippen LogP contribution is -2.28. The Kier molecular flexibility index (Phi) is 4.45. The van der Waals surface area contributed by atoms with Gasteiger partial charge in [0.25, 0.3) is 0 Å². The van der Waals surface area contributed by atoms with E-state index >= 15 is 0 Å². The molecule has 0 radical (unpaired) electrons. The fourth-order valence-electron chi connectivity index (χ4n) is 1.48. The third-order valence-corrected chi connectivity index (χ3v) is 5.01. The molecule has 1 aromatic carbocycles. The maximum atomic E-state index is 13.5. The van der Waals surface area contributed by atoms with Crippen LogP contribution in [-0.4, -0.2) is 16.1 Å². The maximum absolute atomic E-state index is 13.5. The number of benzene rings is 1. The van der Waals surface area contributed by atoms with Gasteiger partial charge in [-0.1, -0.05) is 12.1 Å². The van der Waals surface area contributed by atoms with Gasteiger partial charge in [0, 0.05) is 10.3 Å². The van der Waals surface area contributed by atoms with Crippen molar-refractivity contribution in [2.45, 2.75) is 29.9 Å². The predicted octanol–water partition coefficient (Wildman–Crippen LogP) is 3.94. The number of hydrogen-bond donors (Lipinski definition) is 1. The molecular weight excluding hydrogens is 297 g/mol. The molecule has 0 spiro atoms. The Labute approximate surface area is 124 Å². The number of aliphatic carboxylic acids is 1. The Bertz CT molecular complexity index is 625. The van der Waals surface area contributed by atoms with Crippen molar-refractivity contribution >= 4 is 29.1 Å². The summed E-state index contributed by atoms with van der Waals surface area (Å²) in [5.41, 5.74) is -0.462. The standard InChI is InChI=1S/C14H14FNO2S2/c1-14(2,13(17)18)11-7-20-12(16-11)8-19-10-6-4-3-5-9(10)15/h3-7H,8H2,1-2H3,(H,17,18). The van der Waals surface area contributed by atoms with E-state index in [-0.39, 0.29) is 5.82 Å². The predicted molar refractivity (Wildman–Crippen MR) is 78.7 cm³/mol. The molecule has 1 aromatic heterocycles. The zero-order chi connectivity index (χ0) is 14.8. The summed E-state index contributed by atoms with van der Waals surface area (Å²) in [6, 6.07) is 6.57. The normalized spacial score (nSPS) is 11.6. The monoisotopic (exact) mass is 311 g/mol. The van der Waals surface area contributed by atoms with Gasteiger partial charge in [0.15, 0.2) is 0 Å². The van der Waals surface area contributed by atoms with Gasteiger partial charge in [0.2, 0.25) is 0 Å². The van der Waals surface area contributed by atoms with Gasteiger partial charge < -0.3 is 5.11 Å². The molecule has 0 fully saturated rings. The van der Waals surface area contributed by atoms with E-state index in [1.165, 1.54) is 29.2 Å². The topological polar surface area (TPSA) is 50.2 Å². The minimum absolute atomic E-state index is 0.250. The van der Waals surface area contributed by atoms with Gasteiger partial charge >= 0.3 is 5.97 Å². The average Bonchev–Trinajstić information content (AvgIpc) is 2.87. The summed E-state index contributed by atoms with van der Waals surface area (Å²) < 4.78 is 13.5. The van der Waals surface area contributed by atoms with E-state index in [1.807, 2.05) is 0 Å². The van der Waals surface area contributed by atoms with Crippen molar-refractivity contribution in [3.05, 3.63) is 46.2 Å². The molecular formula is C14H14FNO2S2. The molecule has 0 unspecified atom stereocenters. The van der Waals surface area contributed by atoms with Crippen LogP contribution < -0.4 is 0 Å². The lowest BCUT2D eigenvalue weighted by atomic mass is 9.90. The van der Waals surface area contributed by atoms with E-state index in [0.29, 0.717) is 16.3 Å². The van der Waals surface area contributed by atoms with Crippen LogP contribution in [0.2, 0.25) is 0 Å². The van der Waals surface area contributed by atoms with Gasteiger partial charge in [-0.25, -0.2) is 9.37 Å². The molecule has 3 nitrogen and oxygen atoms in total. The number of thiazole rings is 1. The van der Waals surface area contributed by atoms with E-state index < -0.39 is 11.4 Å². The van der Waals surface area contributed by atoms with Gasteiger partial charge in [-0.15, -0.1) is 23.1 Å². The Morgan fingerprint density at radius 2 is 2.15 bits per heavy atom. The minimum Gasteiger partial charge on any atom is -0.481 e. The lowest BCUT2D eigenvalue weighted by molar-refractivity contribution is -0.142.